The Kier molecular flexibility index (Phi) is 2.95. The van der Waals surface area contributed by atoms with Crippen molar-refractivity contribution in [2.24, 2.45) is 0 Å². The van der Waals surface area contributed by atoms with Crippen molar-refractivity contribution in [1.29, 1.82) is 5.26 Å². The molecule has 1 aromatic carbocycles. The molecule has 1 N–H and O–H groups in total. The Balaban J connectivity index is 2.24. The number of rotatable bonds is 1. The Morgan fingerprint density at radius 3 is 2.80 bits per heavy atom. The molecule has 4 nitrogen and oxygen atoms in total. The van der Waals surface area contributed by atoms with Gasteiger partial charge in [0.05, 0.1) is 5.69 Å². The normalized spacial score (nSPS) is 13.9. The van der Waals surface area contributed by atoms with Gasteiger partial charge < -0.3 is 5.32 Å². The van der Waals surface area contributed by atoms with Gasteiger partial charge in [0.1, 0.15) is 11.8 Å². The first-order chi connectivity index (χ1) is 9.63. The molecule has 0 fully saturated rings. The fraction of sp³-hybridized carbons (Fsp3) is 0.231. The summed E-state index contributed by atoms with van der Waals surface area (Å²) in [4.78, 5) is 0. The molecule has 0 radical (unpaired) electrons. The molecular formula is C13H9F3N4. The van der Waals surface area contributed by atoms with Crippen LogP contribution in [0.3, 0.4) is 0 Å². The lowest BCUT2D eigenvalue weighted by Gasteiger charge is -2.15. The molecule has 1 aromatic heterocycles. The van der Waals surface area contributed by atoms with Crippen LogP contribution in [0.25, 0.3) is 5.69 Å². The lowest BCUT2D eigenvalue weighted by atomic mass is 10.1. The Hall–Kier alpha value is -2.33. The van der Waals surface area contributed by atoms with Gasteiger partial charge in [0.15, 0.2) is 23.1 Å². The van der Waals surface area contributed by atoms with Gasteiger partial charge in [-0.25, -0.2) is 17.9 Å². The second kappa shape index (κ2) is 4.65. The number of aromatic nitrogens is 2. The van der Waals surface area contributed by atoms with Crippen LogP contribution in [-0.2, 0) is 13.0 Å². The minimum atomic E-state index is -1.54. The summed E-state index contributed by atoms with van der Waals surface area (Å²) < 4.78 is 41.4. The lowest BCUT2D eigenvalue weighted by molar-refractivity contribution is 0.442. The van der Waals surface area contributed by atoms with Crippen LogP contribution in [0.4, 0.5) is 13.2 Å². The van der Waals surface area contributed by atoms with Crippen LogP contribution < -0.4 is 5.32 Å². The smallest absolute Gasteiger partial charge is 0.196 e. The van der Waals surface area contributed by atoms with Crippen molar-refractivity contribution in [3.05, 3.63) is 46.5 Å². The second-order valence-corrected chi connectivity index (χ2v) is 4.42. The number of nitrogens with one attached hydrogen (secondary N) is 1. The third-order valence-electron chi connectivity index (χ3n) is 3.28. The van der Waals surface area contributed by atoms with Crippen molar-refractivity contribution in [1.82, 2.24) is 15.1 Å². The first kappa shape index (κ1) is 12.7. The predicted molar refractivity (Wildman–Crippen MR) is 63.6 cm³/mol. The van der Waals surface area contributed by atoms with E-state index in [0.29, 0.717) is 30.8 Å². The van der Waals surface area contributed by atoms with Crippen LogP contribution in [0.2, 0.25) is 0 Å². The summed E-state index contributed by atoms with van der Waals surface area (Å²) in [6, 6.07) is 3.89. The average molecular weight is 278 g/mol. The zero-order valence-electron chi connectivity index (χ0n) is 10.3. The van der Waals surface area contributed by atoms with Gasteiger partial charge in [0, 0.05) is 25.1 Å². The molecule has 102 valence electrons. The van der Waals surface area contributed by atoms with E-state index in [-0.39, 0.29) is 11.4 Å². The highest BCUT2D eigenvalue weighted by atomic mass is 19.2. The van der Waals surface area contributed by atoms with Crippen molar-refractivity contribution < 1.29 is 13.2 Å². The zero-order chi connectivity index (χ0) is 14.3. The first-order valence-corrected chi connectivity index (χ1v) is 5.99. The second-order valence-electron chi connectivity index (χ2n) is 4.42. The summed E-state index contributed by atoms with van der Waals surface area (Å²) in [5.74, 6) is -4.10. The number of fused-ring (bicyclic) bond motifs is 1. The maximum absolute atomic E-state index is 13.9. The van der Waals surface area contributed by atoms with E-state index in [2.05, 4.69) is 10.4 Å². The Morgan fingerprint density at radius 1 is 1.25 bits per heavy atom. The standard InChI is InChI=1S/C13H9F3N4/c14-8-1-2-11(13(16)12(8)15)20-10-3-4-18-6-7(10)9(5-17)19-20/h1-2,18H,3-4,6H2. The molecule has 0 unspecified atom stereocenters. The van der Waals surface area contributed by atoms with Gasteiger partial charge in [-0.05, 0) is 12.1 Å². The molecule has 0 spiro atoms. The molecule has 0 bridgehead atoms. The van der Waals surface area contributed by atoms with Gasteiger partial charge >= 0.3 is 0 Å². The van der Waals surface area contributed by atoms with Crippen molar-refractivity contribution in [3.8, 4) is 11.8 Å². The summed E-state index contributed by atoms with van der Waals surface area (Å²) in [5.41, 5.74) is 1.29. The Labute approximate surface area is 112 Å². The van der Waals surface area contributed by atoms with Crippen molar-refractivity contribution in [2.75, 3.05) is 6.54 Å². The largest absolute Gasteiger partial charge is 0.312 e. The highest BCUT2D eigenvalue weighted by Crippen LogP contribution is 2.25. The first-order valence-electron chi connectivity index (χ1n) is 5.99. The average Bonchev–Trinajstić information content (AvgIpc) is 2.84. The van der Waals surface area contributed by atoms with Crippen LogP contribution >= 0.6 is 0 Å². The van der Waals surface area contributed by atoms with Gasteiger partial charge in [-0.2, -0.15) is 10.4 Å². The molecule has 7 heteroatoms. The van der Waals surface area contributed by atoms with Crippen molar-refractivity contribution in [3.63, 3.8) is 0 Å². The number of hydrogen-bond donors (Lipinski definition) is 1. The fourth-order valence-electron chi connectivity index (χ4n) is 2.32. The summed E-state index contributed by atoms with van der Waals surface area (Å²) in [6.07, 6.45) is 0.530. The number of nitriles is 1. The van der Waals surface area contributed by atoms with E-state index in [1.54, 1.807) is 0 Å². The molecule has 0 atom stereocenters. The monoisotopic (exact) mass is 278 g/mol. The summed E-state index contributed by atoms with van der Waals surface area (Å²) in [6.45, 7) is 1.10. The van der Waals surface area contributed by atoms with Crippen LogP contribution in [0.15, 0.2) is 12.1 Å². The van der Waals surface area contributed by atoms with E-state index in [0.717, 1.165) is 12.1 Å². The van der Waals surface area contributed by atoms with E-state index >= 15 is 0 Å². The lowest BCUT2D eigenvalue weighted by Crippen LogP contribution is -2.25. The Bertz CT molecular complexity index is 730. The predicted octanol–water partition coefficient (Wildman–Crippen LogP) is 1.81. The molecule has 20 heavy (non-hydrogen) atoms. The highest BCUT2D eigenvalue weighted by molar-refractivity contribution is 5.43. The molecule has 3 rings (SSSR count). The number of nitrogens with zero attached hydrogens (tertiary/aromatic N) is 3. The van der Waals surface area contributed by atoms with E-state index in [1.165, 1.54) is 4.68 Å². The molecule has 1 aliphatic rings. The molecule has 0 saturated heterocycles. The molecule has 0 saturated carbocycles. The van der Waals surface area contributed by atoms with Crippen LogP contribution in [-0.4, -0.2) is 16.3 Å². The quantitative estimate of drug-likeness (QED) is 0.809. The minimum Gasteiger partial charge on any atom is -0.312 e. The van der Waals surface area contributed by atoms with Gasteiger partial charge in [0.25, 0.3) is 0 Å². The maximum atomic E-state index is 13.9. The summed E-state index contributed by atoms with van der Waals surface area (Å²) in [5, 5.41) is 16.1. The molecule has 2 heterocycles. The molecule has 2 aromatic rings. The third kappa shape index (κ3) is 1.77. The van der Waals surface area contributed by atoms with E-state index in [1.807, 2.05) is 6.07 Å². The van der Waals surface area contributed by atoms with Gasteiger partial charge in [-0.15, -0.1) is 0 Å². The van der Waals surface area contributed by atoms with E-state index in [4.69, 9.17) is 5.26 Å². The zero-order valence-corrected chi connectivity index (χ0v) is 10.3. The van der Waals surface area contributed by atoms with Crippen LogP contribution in [0.5, 0.6) is 0 Å². The van der Waals surface area contributed by atoms with Gasteiger partial charge in [-0.3, -0.25) is 0 Å². The minimum absolute atomic E-state index is 0.163. The fourth-order valence-corrected chi connectivity index (χ4v) is 2.32. The molecular weight excluding hydrogens is 269 g/mol. The number of benzene rings is 1. The van der Waals surface area contributed by atoms with Gasteiger partial charge in [0.2, 0.25) is 0 Å². The molecule has 0 amide bonds. The van der Waals surface area contributed by atoms with Gasteiger partial charge in [-0.1, -0.05) is 0 Å². The molecule has 1 aliphatic heterocycles. The topological polar surface area (TPSA) is 53.6 Å². The van der Waals surface area contributed by atoms with Crippen LogP contribution in [0, 0.1) is 28.8 Å². The van der Waals surface area contributed by atoms with E-state index in [9.17, 15) is 13.2 Å². The molecule has 0 aliphatic carbocycles. The summed E-state index contributed by atoms with van der Waals surface area (Å²) in [7, 11) is 0. The van der Waals surface area contributed by atoms with Crippen molar-refractivity contribution in [2.45, 2.75) is 13.0 Å². The number of halogens is 3. The Morgan fingerprint density at radius 2 is 2.05 bits per heavy atom. The maximum Gasteiger partial charge on any atom is 0.196 e. The highest BCUT2D eigenvalue weighted by Gasteiger charge is 2.24. The SMILES string of the molecule is N#Cc1nn(-c2ccc(F)c(F)c2F)c2c1CNCC2. The van der Waals surface area contributed by atoms with Crippen molar-refractivity contribution >= 4 is 0 Å². The van der Waals surface area contributed by atoms with Crippen LogP contribution in [0.1, 0.15) is 17.0 Å². The summed E-state index contributed by atoms with van der Waals surface area (Å²) >= 11 is 0. The third-order valence-corrected chi connectivity index (χ3v) is 3.28. The number of hydrogen-bond acceptors (Lipinski definition) is 3. The van der Waals surface area contributed by atoms with E-state index < -0.39 is 17.5 Å².